The number of carbonyl (C=O) groups excluding carboxylic acids is 2. The summed E-state index contributed by atoms with van der Waals surface area (Å²) in [5, 5.41) is 3.84. The van der Waals surface area contributed by atoms with E-state index in [4.69, 9.17) is 0 Å². The molecule has 2 aliphatic heterocycles. The third kappa shape index (κ3) is 3.13. The predicted octanol–water partition coefficient (Wildman–Crippen LogP) is 0.895. The Labute approximate surface area is 148 Å². The van der Waals surface area contributed by atoms with Crippen LogP contribution in [0.25, 0.3) is 10.9 Å². The van der Waals surface area contributed by atoms with Crippen LogP contribution in [0.3, 0.4) is 0 Å². The first-order valence-corrected chi connectivity index (χ1v) is 9.30. The van der Waals surface area contributed by atoms with Gasteiger partial charge in [0.1, 0.15) is 0 Å². The lowest BCUT2D eigenvalue weighted by Gasteiger charge is -2.27. The zero-order valence-electron chi connectivity index (χ0n) is 13.5. The Morgan fingerprint density at radius 3 is 2.92 bits per heavy atom. The van der Waals surface area contributed by atoms with Crippen LogP contribution in [0.15, 0.2) is 34.2 Å². The number of rotatable bonds is 3. The molecule has 0 saturated carbocycles. The molecule has 0 radical (unpaired) electrons. The number of aromatic amines is 1. The number of fused-ring (bicyclic) bond motifs is 3. The van der Waals surface area contributed by atoms with Crippen molar-refractivity contribution in [2.75, 3.05) is 12.3 Å². The molecule has 130 valence electrons. The van der Waals surface area contributed by atoms with Gasteiger partial charge in [0.05, 0.1) is 16.7 Å². The summed E-state index contributed by atoms with van der Waals surface area (Å²) < 4.78 is 0. The van der Waals surface area contributed by atoms with E-state index < -0.39 is 0 Å². The van der Waals surface area contributed by atoms with E-state index in [9.17, 15) is 14.4 Å². The zero-order valence-corrected chi connectivity index (χ0v) is 14.3. The molecule has 2 amide bonds. The van der Waals surface area contributed by atoms with E-state index in [0.717, 1.165) is 12.8 Å². The first-order chi connectivity index (χ1) is 12.1. The van der Waals surface area contributed by atoms with E-state index >= 15 is 0 Å². The minimum Gasteiger partial charge on any atom is -0.354 e. The number of nitrogens with zero attached hydrogens (tertiary/aromatic N) is 2. The summed E-state index contributed by atoms with van der Waals surface area (Å²) in [6, 6.07) is 7.19. The lowest BCUT2D eigenvalue weighted by atomic mass is 10.1. The smallest absolute Gasteiger partial charge is 0.259 e. The number of thioether (sulfide) groups is 1. The standard InChI is InChI=1S/C17H18N4O3S/c22-14-7-10-5-6-11(8-18-14)21(10)15(23)9-25-17-19-13-4-2-1-3-12(13)16(24)20-17/h1-4,10-11H,5-9H2,(H,18,22)(H,19,20,24)/t10-,11+/m0/s1. The molecule has 2 aromatic rings. The number of hydrogen-bond acceptors (Lipinski definition) is 5. The van der Waals surface area contributed by atoms with Gasteiger partial charge in [-0.1, -0.05) is 23.9 Å². The summed E-state index contributed by atoms with van der Waals surface area (Å²) in [4.78, 5) is 45.4. The van der Waals surface area contributed by atoms with Crippen molar-refractivity contribution in [3.05, 3.63) is 34.6 Å². The lowest BCUT2D eigenvalue weighted by molar-refractivity contribution is -0.131. The minimum absolute atomic E-state index is 0.00944. The van der Waals surface area contributed by atoms with Gasteiger partial charge in [0.25, 0.3) is 5.56 Å². The Morgan fingerprint density at radius 1 is 1.24 bits per heavy atom. The summed E-state index contributed by atoms with van der Waals surface area (Å²) in [6.07, 6.45) is 2.17. The summed E-state index contributed by atoms with van der Waals surface area (Å²) in [7, 11) is 0. The van der Waals surface area contributed by atoms with Crippen molar-refractivity contribution in [1.29, 1.82) is 0 Å². The topological polar surface area (TPSA) is 95.2 Å². The molecular formula is C17H18N4O3S. The molecular weight excluding hydrogens is 340 g/mol. The average Bonchev–Trinajstić information content (AvgIpc) is 2.91. The van der Waals surface area contributed by atoms with Crippen molar-refractivity contribution < 1.29 is 9.59 Å². The average molecular weight is 358 g/mol. The van der Waals surface area contributed by atoms with Gasteiger partial charge in [-0.25, -0.2) is 4.98 Å². The number of para-hydroxylation sites is 1. The maximum Gasteiger partial charge on any atom is 0.259 e. The van der Waals surface area contributed by atoms with Crippen LogP contribution in [0.5, 0.6) is 0 Å². The van der Waals surface area contributed by atoms with E-state index in [0.29, 0.717) is 29.0 Å². The number of carbonyl (C=O) groups is 2. The molecule has 0 unspecified atom stereocenters. The highest BCUT2D eigenvalue weighted by Gasteiger charge is 2.39. The van der Waals surface area contributed by atoms with E-state index in [2.05, 4.69) is 15.3 Å². The van der Waals surface area contributed by atoms with Crippen molar-refractivity contribution in [3.8, 4) is 0 Å². The first-order valence-electron chi connectivity index (χ1n) is 8.31. The van der Waals surface area contributed by atoms with Crippen molar-refractivity contribution in [2.45, 2.75) is 36.5 Å². The number of H-pyrrole nitrogens is 1. The van der Waals surface area contributed by atoms with Gasteiger partial charge < -0.3 is 15.2 Å². The quantitative estimate of drug-likeness (QED) is 0.628. The monoisotopic (exact) mass is 358 g/mol. The van der Waals surface area contributed by atoms with Crippen LogP contribution < -0.4 is 10.9 Å². The number of hydrogen-bond donors (Lipinski definition) is 2. The number of nitrogens with one attached hydrogen (secondary N) is 2. The van der Waals surface area contributed by atoms with Crippen molar-refractivity contribution in [1.82, 2.24) is 20.2 Å². The van der Waals surface area contributed by atoms with Gasteiger partial charge in [-0.2, -0.15) is 0 Å². The van der Waals surface area contributed by atoms with Crippen LogP contribution in [-0.4, -0.2) is 51.1 Å². The highest BCUT2D eigenvalue weighted by atomic mass is 32.2. The van der Waals surface area contributed by atoms with Gasteiger partial charge in [0, 0.05) is 25.0 Å². The second-order valence-corrected chi connectivity index (χ2v) is 7.34. The fourth-order valence-corrected chi connectivity index (χ4v) is 4.36. The molecule has 1 aromatic heterocycles. The Balaban J connectivity index is 1.49. The Morgan fingerprint density at radius 2 is 2.04 bits per heavy atom. The van der Waals surface area contributed by atoms with Gasteiger partial charge >= 0.3 is 0 Å². The van der Waals surface area contributed by atoms with Crippen LogP contribution in [0.4, 0.5) is 0 Å². The SMILES string of the molecule is O=C1C[C@@H]2CC[C@H](CN1)N2C(=O)CSc1nc2ccccc2c(=O)[nH]1. The van der Waals surface area contributed by atoms with Crippen molar-refractivity contribution >= 4 is 34.5 Å². The van der Waals surface area contributed by atoms with Gasteiger partial charge in [-0.15, -0.1) is 0 Å². The summed E-state index contributed by atoms with van der Waals surface area (Å²) in [6.45, 7) is 0.525. The van der Waals surface area contributed by atoms with Crippen LogP contribution in [0.2, 0.25) is 0 Å². The molecule has 2 saturated heterocycles. The molecule has 8 heteroatoms. The van der Waals surface area contributed by atoms with Gasteiger partial charge in [0.2, 0.25) is 11.8 Å². The van der Waals surface area contributed by atoms with Crippen LogP contribution in [0, 0.1) is 0 Å². The summed E-state index contributed by atoms with van der Waals surface area (Å²) in [5.41, 5.74) is 0.413. The third-order valence-electron chi connectivity index (χ3n) is 4.79. The summed E-state index contributed by atoms with van der Waals surface area (Å²) in [5.74, 6) is 0.200. The molecule has 3 heterocycles. The molecule has 25 heavy (non-hydrogen) atoms. The molecule has 0 aliphatic carbocycles. The van der Waals surface area contributed by atoms with E-state index in [-0.39, 0.29) is 35.2 Å². The molecule has 2 N–H and O–H groups in total. The fourth-order valence-electron chi connectivity index (χ4n) is 3.62. The largest absolute Gasteiger partial charge is 0.354 e. The minimum atomic E-state index is -0.204. The second-order valence-electron chi connectivity index (χ2n) is 6.37. The molecule has 2 aliphatic rings. The van der Waals surface area contributed by atoms with Crippen LogP contribution >= 0.6 is 11.8 Å². The Bertz CT molecular complexity index is 897. The molecule has 1 aromatic carbocycles. The molecule has 2 atom stereocenters. The third-order valence-corrected chi connectivity index (χ3v) is 5.65. The highest BCUT2D eigenvalue weighted by Crippen LogP contribution is 2.29. The maximum atomic E-state index is 12.7. The molecule has 7 nitrogen and oxygen atoms in total. The van der Waals surface area contributed by atoms with Crippen molar-refractivity contribution in [2.24, 2.45) is 0 Å². The lowest BCUT2D eigenvalue weighted by Crippen LogP contribution is -2.43. The molecule has 4 rings (SSSR count). The Hall–Kier alpha value is -2.35. The van der Waals surface area contributed by atoms with E-state index in [1.165, 1.54) is 11.8 Å². The predicted molar refractivity (Wildman–Crippen MR) is 94.4 cm³/mol. The molecule has 2 fully saturated rings. The number of benzene rings is 1. The first kappa shape index (κ1) is 16.1. The van der Waals surface area contributed by atoms with E-state index in [1.807, 2.05) is 11.0 Å². The maximum absolute atomic E-state index is 12.7. The van der Waals surface area contributed by atoms with Gasteiger partial charge in [-0.05, 0) is 25.0 Å². The normalized spacial score (nSPS) is 22.7. The zero-order chi connectivity index (χ0) is 17.4. The van der Waals surface area contributed by atoms with Crippen molar-refractivity contribution in [3.63, 3.8) is 0 Å². The molecule has 2 bridgehead atoms. The highest BCUT2D eigenvalue weighted by molar-refractivity contribution is 7.99. The van der Waals surface area contributed by atoms with Gasteiger partial charge in [-0.3, -0.25) is 14.4 Å². The van der Waals surface area contributed by atoms with E-state index in [1.54, 1.807) is 18.2 Å². The van der Waals surface area contributed by atoms with Crippen LogP contribution in [-0.2, 0) is 9.59 Å². The van der Waals surface area contributed by atoms with Crippen LogP contribution in [0.1, 0.15) is 19.3 Å². The molecule has 0 spiro atoms. The Kier molecular flexibility index (Phi) is 4.20. The number of amides is 2. The fraction of sp³-hybridized carbons (Fsp3) is 0.412. The second kappa shape index (κ2) is 6.51. The summed E-state index contributed by atoms with van der Waals surface area (Å²) >= 11 is 1.23. The number of aromatic nitrogens is 2. The van der Waals surface area contributed by atoms with Gasteiger partial charge in [0.15, 0.2) is 5.16 Å².